The minimum atomic E-state index is -4.14. The molecule has 0 aromatic rings. The summed E-state index contributed by atoms with van der Waals surface area (Å²) >= 11 is 0. The molecule has 4 nitrogen and oxygen atoms in total. The average Bonchev–Trinajstić information content (AvgIpc) is 1.59. The molecule has 0 radical (unpaired) electrons. The first-order valence-corrected chi connectivity index (χ1v) is 3.78. The molecule has 0 bridgehead atoms. The van der Waals surface area contributed by atoms with E-state index in [1.165, 1.54) is 6.92 Å². The van der Waals surface area contributed by atoms with Crippen molar-refractivity contribution in [2.24, 2.45) is 0 Å². The molecule has 0 aromatic carbocycles. The van der Waals surface area contributed by atoms with E-state index in [4.69, 9.17) is 14.9 Å². The van der Waals surface area contributed by atoms with Crippen molar-refractivity contribution in [2.75, 3.05) is 0 Å². The van der Waals surface area contributed by atoms with Crippen LogP contribution in [0.4, 0.5) is 0 Å². The summed E-state index contributed by atoms with van der Waals surface area (Å²) in [5.74, 6) is 0.265. The van der Waals surface area contributed by atoms with Crippen LogP contribution in [0.1, 0.15) is 6.92 Å². The van der Waals surface area contributed by atoms with Gasteiger partial charge < -0.3 is 14.9 Å². The van der Waals surface area contributed by atoms with Crippen LogP contribution >= 0.6 is 7.60 Å². The maximum Gasteiger partial charge on any atom is 0.356 e. The van der Waals surface area contributed by atoms with Crippen molar-refractivity contribution in [2.45, 2.75) is 6.92 Å². The number of aliphatic hydroxyl groups is 1. The minimum Gasteiger partial charge on any atom is -0.505 e. The molecule has 0 aliphatic carbocycles. The summed E-state index contributed by atoms with van der Waals surface area (Å²) in [6.07, 6.45) is 0. The van der Waals surface area contributed by atoms with Gasteiger partial charge in [0.15, 0.2) is 0 Å². The Hall–Kier alpha value is -0.530. The van der Waals surface area contributed by atoms with Crippen LogP contribution in [-0.2, 0) is 4.57 Å². The highest BCUT2D eigenvalue weighted by molar-refractivity contribution is 7.55. The number of hydrogen-bond donors (Lipinski definition) is 3. The SMILES string of the molecule is CC(O)=C=CP(=O)(O)O. The fraction of sp³-hybridized carbons (Fsp3) is 0.250. The minimum absolute atomic E-state index is 0.252. The highest BCUT2D eigenvalue weighted by atomic mass is 31.2. The van der Waals surface area contributed by atoms with Crippen LogP contribution in [0.25, 0.3) is 0 Å². The Morgan fingerprint density at radius 2 is 2.11 bits per heavy atom. The molecule has 0 saturated carbocycles. The smallest absolute Gasteiger partial charge is 0.356 e. The molecule has 52 valence electrons. The normalized spacial score (nSPS) is 10.1. The Kier molecular flexibility index (Phi) is 2.68. The third-order valence-corrected chi connectivity index (χ3v) is 0.907. The second-order valence-electron chi connectivity index (χ2n) is 1.45. The van der Waals surface area contributed by atoms with E-state index in [0.717, 1.165) is 0 Å². The molecule has 0 rings (SSSR count). The van der Waals surface area contributed by atoms with Crippen molar-refractivity contribution in [3.05, 3.63) is 17.3 Å². The largest absolute Gasteiger partial charge is 0.505 e. The van der Waals surface area contributed by atoms with Crippen LogP contribution in [0.5, 0.6) is 0 Å². The van der Waals surface area contributed by atoms with E-state index >= 15 is 0 Å². The fourth-order valence-corrected chi connectivity index (χ4v) is 0.533. The van der Waals surface area contributed by atoms with E-state index in [2.05, 4.69) is 0 Å². The van der Waals surface area contributed by atoms with Gasteiger partial charge in [0, 0.05) is 6.92 Å². The molecular weight excluding hydrogens is 143 g/mol. The van der Waals surface area contributed by atoms with Gasteiger partial charge in [0.05, 0.1) is 5.82 Å². The molecule has 0 aliphatic rings. The molecule has 0 atom stereocenters. The first kappa shape index (κ1) is 8.47. The highest BCUT2D eigenvalue weighted by Gasteiger charge is 2.03. The number of allylic oxidation sites excluding steroid dienone is 1. The van der Waals surface area contributed by atoms with Crippen LogP contribution in [-0.4, -0.2) is 14.9 Å². The van der Waals surface area contributed by atoms with Crippen molar-refractivity contribution in [3.63, 3.8) is 0 Å². The first-order chi connectivity index (χ1) is 3.92. The van der Waals surface area contributed by atoms with Crippen molar-refractivity contribution in [1.82, 2.24) is 0 Å². The summed E-state index contributed by atoms with van der Waals surface area (Å²) < 4.78 is 9.99. The number of hydrogen-bond acceptors (Lipinski definition) is 2. The van der Waals surface area contributed by atoms with Gasteiger partial charge >= 0.3 is 7.60 Å². The molecule has 3 N–H and O–H groups in total. The lowest BCUT2D eigenvalue weighted by Crippen LogP contribution is -1.67. The highest BCUT2D eigenvalue weighted by Crippen LogP contribution is 2.35. The predicted octanol–water partition coefficient (Wildman–Crippen LogP) is 0.738. The molecule has 0 spiro atoms. The second-order valence-corrected chi connectivity index (χ2v) is 2.88. The third kappa shape index (κ3) is 7.47. The van der Waals surface area contributed by atoms with E-state index in [0.29, 0.717) is 5.82 Å². The van der Waals surface area contributed by atoms with Gasteiger partial charge in [-0.05, 0) is 0 Å². The Balaban J connectivity index is 4.37. The zero-order valence-corrected chi connectivity index (χ0v) is 5.67. The standard InChI is InChI=1S/C4H7O4P/c1-4(5)2-3-9(6,7)8/h3,5H,1H3,(H2,6,7,8). The number of rotatable bonds is 1. The molecule has 0 amide bonds. The zero-order valence-electron chi connectivity index (χ0n) is 4.77. The lowest BCUT2D eigenvalue weighted by atomic mass is 10.6. The maximum atomic E-state index is 9.99. The average molecular weight is 150 g/mol. The topological polar surface area (TPSA) is 77.8 Å². The Morgan fingerprint density at radius 1 is 1.67 bits per heavy atom. The van der Waals surface area contributed by atoms with Crippen molar-refractivity contribution in [1.29, 1.82) is 0 Å². The summed E-state index contributed by atoms with van der Waals surface area (Å²) in [4.78, 5) is 16.3. The molecule has 0 heterocycles. The first-order valence-electron chi connectivity index (χ1n) is 2.10. The van der Waals surface area contributed by atoms with Gasteiger partial charge in [0.2, 0.25) is 0 Å². The molecule has 0 unspecified atom stereocenters. The van der Waals surface area contributed by atoms with Gasteiger partial charge in [0.25, 0.3) is 0 Å². The van der Waals surface area contributed by atoms with Gasteiger partial charge in [-0.3, -0.25) is 4.57 Å². The zero-order chi connectivity index (χ0) is 7.49. The molecule has 5 heteroatoms. The molecule has 0 saturated heterocycles. The van der Waals surface area contributed by atoms with Crippen LogP contribution < -0.4 is 0 Å². The van der Waals surface area contributed by atoms with E-state index in [9.17, 15) is 4.57 Å². The van der Waals surface area contributed by atoms with Crippen molar-refractivity contribution < 1.29 is 19.5 Å². The lowest BCUT2D eigenvalue weighted by Gasteiger charge is -1.88. The van der Waals surface area contributed by atoms with Crippen molar-refractivity contribution in [3.8, 4) is 0 Å². The van der Waals surface area contributed by atoms with E-state index in [1.807, 2.05) is 5.73 Å². The second kappa shape index (κ2) is 2.85. The molecule has 0 fully saturated rings. The Labute approximate surface area is 52.3 Å². The van der Waals surface area contributed by atoms with E-state index in [1.54, 1.807) is 0 Å². The summed E-state index contributed by atoms with van der Waals surface area (Å²) in [5.41, 5.74) is 1.97. The summed E-state index contributed by atoms with van der Waals surface area (Å²) in [7, 11) is -4.14. The lowest BCUT2D eigenvalue weighted by molar-refractivity contribution is 0.385. The van der Waals surface area contributed by atoms with Crippen molar-refractivity contribution >= 4 is 7.60 Å². The summed E-state index contributed by atoms with van der Waals surface area (Å²) in [6, 6.07) is 0. The number of aliphatic hydroxyl groups excluding tert-OH is 1. The van der Waals surface area contributed by atoms with E-state index in [-0.39, 0.29) is 5.76 Å². The Morgan fingerprint density at radius 3 is 2.22 bits per heavy atom. The molecular formula is C4H7O4P. The van der Waals surface area contributed by atoms with Gasteiger partial charge in [-0.25, -0.2) is 0 Å². The monoisotopic (exact) mass is 150 g/mol. The molecule has 0 aliphatic heterocycles. The van der Waals surface area contributed by atoms with Gasteiger partial charge in [-0.1, -0.05) is 5.73 Å². The van der Waals surface area contributed by atoms with Crippen LogP contribution in [0.15, 0.2) is 17.3 Å². The summed E-state index contributed by atoms with van der Waals surface area (Å²) in [5, 5.41) is 8.35. The van der Waals surface area contributed by atoms with Crippen LogP contribution in [0, 0.1) is 0 Å². The van der Waals surface area contributed by atoms with Gasteiger partial charge in [-0.15, -0.1) is 0 Å². The third-order valence-electron chi connectivity index (χ3n) is 0.442. The van der Waals surface area contributed by atoms with Crippen LogP contribution in [0.3, 0.4) is 0 Å². The summed E-state index contributed by atoms with van der Waals surface area (Å²) in [6.45, 7) is 1.27. The fourth-order valence-electron chi connectivity index (χ4n) is 0.178. The van der Waals surface area contributed by atoms with Gasteiger partial charge in [-0.2, -0.15) is 0 Å². The van der Waals surface area contributed by atoms with Crippen LogP contribution in [0.2, 0.25) is 0 Å². The Bertz CT molecular complexity index is 191. The molecule has 0 aromatic heterocycles. The molecule has 9 heavy (non-hydrogen) atoms. The maximum absolute atomic E-state index is 9.99. The van der Waals surface area contributed by atoms with Gasteiger partial charge in [0.1, 0.15) is 5.76 Å². The van der Waals surface area contributed by atoms with E-state index < -0.39 is 7.60 Å². The quantitative estimate of drug-likeness (QED) is 0.292. The predicted molar refractivity (Wildman–Crippen MR) is 31.9 cm³/mol.